The maximum absolute atomic E-state index is 13.3. The van der Waals surface area contributed by atoms with E-state index in [0.29, 0.717) is 11.3 Å². The summed E-state index contributed by atoms with van der Waals surface area (Å²) in [6.45, 7) is -0.0672. The van der Waals surface area contributed by atoms with Crippen molar-refractivity contribution in [3.05, 3.63) is 62.8 Å². The predicted molar refractivity (Wildman–Crippen MR) is 79.1 cm³/mol. The molecule has 0 aliphatic carbocycles. The summed E-state index contributed by atoms with van der Waals surface area (Å²) in [4.78, 5) is 11.9. The van der Waals surface area contributed by atoms with Gasteiger partial charge in [-0.1, -0.05) is 23.7 Å². The van der Waals surface area contributed by atoms with Gasteiger partial charge in [0.2, 0.25) is 0 Å². The summed E-state index contributed by atoms with van der Waals surface area (Å²) in [7, 11) is 0. The number of carbonyl (C=O) groups is 1. The zero-order valence-corrected chi connectivity index (χ0v) is 12.5. The van der Waals surface area contributed by atoms with Crippen molar-refractivity contribution in [1.29, 1.82) is 0 Å². The Morgan fingerprint density at radius 2 is 2.10 bits per heavy atom. The van der Waals surface area contributed by atoms with Crippen LogP contribution in [0.2, 0.25) is 5.02 Å². The maximum atomic E-state index is 13.3. The fourth-order valence-electron chi connectivity index (χ4n) is 1.58. The van der Waals surface area contributed by atoms with Gasteiger partial charge in [-0.25, -0.2) is 9.18 Å². The third-order valence-electron chi connectivity index (χ3n) is 2.60. The molecule has 2 N–H and O–H groups in total. The molecule has 3 nitrogen and oxygen atoms in total. The van der Waals surface area contributed by atoms with Crippen molar-refractivity contribution in [2.45, 2.75) is 6.61 Å². The van der Waals surface area contributed by atoms with Crippen LogP contribution in [0.5, 0.6) is 0 Å². The summed E-state index contributed by atoms with van der Waals surface area (Å²) < 4.78 is 18.7. The molecule has 0 aliphatic rings. The van der Waals surface area contributed by atoms with Gasteiger partial charge in [0.15, 0.2) is 0 Å². The van der Waals surface area contributed by atoms with Crippen molar-refractivity contribution in [3.8, 4) is 0 Å². The van der Waals surface area contributed by atoms with Crippen LogP contribution in [-0.2, 0) is 11.3 Å². The Hall–Kier alpha value is -1.59. The van der Waals surface area contributed by atoms with Gasteiger partial charge in [-0.3, -0.25) is 0 Å². The summed E-state index contributed by atoms with van der Waals surface area (Å²) in [5.41, 5.74) is 6.71. The van der Waals surface area contributed by atoms with Gasteiger partial charge < -0.3 is 10.5 Å². The molecule has 0 saturated heterocycles. The number of nitrogen functional groups attached to an aromatic ring is 1. The molecule has 0 radical (unpaired) electrons. The Morgan fingerprint density at radius 3 is 2.85 bits per heavy atom. The number of anilines is 1. The Labute approximate surface area is 128 Å². The first kappa shape index (κ1) is 14.8. The van der Waals surface area contributed by atoms with Gasteiger partial charge in [-0.05, 0) is 40.2 Å². The molecule has 0 heterocycles. The molecule has 2 rings (SSSR count). The van der Waals surface area contributed by atoms with Gasteiger partial charge in [-0.2, -0.15) is 0 Å². The van der Waals surface area contributed by atoms with E-state index >= 15 is 0 Å². The standard InChI is InChI=1S/C14H10BrClFNO2/c15-13-8(2-1-3-12(13)17)7-20-14(19)10-6-9(18)4-5-11(10)16/h1-6H,7,18H2. The number of nitrogens with two attached hydrogens (primary N) is 1. The van der Waals surface area contributed by atoms with Gasteiger partial charge in [0.05, 0.1) is 15.1 Å². The summed E-state index contributed by atoms with van der Waals surface area (Å²) in [6.07, 6.45) is 0. The molecular formula is C14H10BrClFNO2. The van der Waals surface area contributed by atoms with E-state index in [9.17, 15) is 9.18 Å². The van der Waals surface area contributed by atoms with Crippen LogP contribution in [0.25, 0.3) is 0 Å². The van der Waals surface area contributed by atoms with Crippen molar-refractivity contribution >= 4 is 39.2 Å². The number of ether oxygens (including phenoxy) is 1. The van der Waals surface area contributed by atoms with Crippen molar-refractivity contribution < 1.29 is 13.9 Å². The van der Waals surface area contributed by atoms with Crippen LogP contribution < -0.4 is 5.73 Å². The van der Waals surface area contributed by atoms with Crippen LogP contribution in [0, 0.1) is 5.82 Å². The minimum Gasteiger partial charge on any atom is -0.457 e. The number of benzene rings is 2. The number of carbonyl (C=O) groups excluding carboxylic acids is 1. The lowest BCUT2D eigenvalue weighted by Crippen LogP contribution is -2.07. The topological polar surface area (TPSA) is 52.3 Å². The molecule has 6 heteroatoms. The van der Waals surface area contributed by atoms with Crippen molar-refractivity contribution in [1.82, 2.24) is 0 Å². The fourth-order valence-corrected chi connectivity index (χ4v) is 2.15. The third-order valence-corrected chi connectivity index (χ3v) is 3.82. The molecule has 20 heavy (non-hydrogen) atoms. The van der Waals surface area contributed by atoms with Crippen LogP contribution in [0.3, 0.4) is 0 Å². The van der Waals surface area contributed by atoms with Crippen LogP contribution >= 0.6 is 27.5 Å². The first-order valence-corrected chi connectivity index (χ1v) is 6.81. The van der Waals surface area contributed by atoms with Gasteiger partial charge in [-0.15, -0.1) is 0 Å². The first-order chi connectivity index (χ1) is 9.49. The molecule has 2 aromatic carbocycles. The predicted octanol–water partition coefficient (Wildman–Crippen LogP) is 4.18. The number of hydrogen-bond acceptors (Lipinski definition) is 3. The summed E-state index contributed by atoms with van der Waals surface area (Å²) in [5.74, 6) is -1.03. The highest BCUT2D eigenvalue weighted by Crippen LogP contribution is 2.23. The zero-order chi connectivity index (χ0) is 14.7. The highest BCUT2D eigenvalue weighted by Gasteiger charge is 2.14. The second-order valence-corrected chi connectivity index (χ2v) is 5.23. The number of rotatable bonds is 3. The van der Waals surface area contributed by atoms with E-state index in [1.807, 2.05) is 0 Å². The molecule has 0 aliphatic heterocycles. The van der Waals surface area contributed by atoms with Gasteiger partial charge >= 0.3 is 5.97 Å². The molecule has 0 bridgehead atoms. The molecule has 0 unspecified atom stereocenters. The van der Waals surface area contributed by atoms with E-state index < -0.39 is 11.8 Å². The average molecular weight is 359 g/mol. The second kappa shape index (κ2) is 6.24. The molecule has 0 atom stereocenters. The minimum atomic E-state index is -0.613. The molecule has 0 aromatic heterocycles. The van der Waals surface area contributed by atoms with E-state index in [4.69, 9.17) is 22.1 Å². The van der Waals surface area contributed by atoms with Crippen molar-refractivity contribution in [2.24, 2.45) is 0 Å². The number of hydrogen-bond donors (Lipinski definition) is 1. The Balaban J connectivity index is 2.13. The van der Waals surface area contributed by atoms with E-state index in [1.165, 1.54) is 24.3 Å². The van der Waals surface area contributed by atoms with Crippen LogP contribution in [0.4, 0.5) is 10.1 Å². The minimum absolute atomic E-state index is 0.0672. The molecule has 104 valence electrons. The lowest BCUT2D eigenvalue weighted by atomic mass is 10.2. The largest absolute Gasteiger partial charge is 0.457 e. The van der Waals surface area contributed by atoms with Gasteiger partial charge in [0.25, 0.3) is 0 Å². The van der Waals surface area contributed by atoms with E-state index in [0.717, 1.165) is 0 Å². The highest BCUT2D eigenvalue weighted by atomic mass is 79.9. The van der Waals surface area contributed by atoms with Crippen molar-refractivity contribution in [3.63, 3.8) is 0 Å². The van der Waals surface area contributed by atoms with E-state index in [1.54, 1.807) is 12.1 Å². The SMILES string of the molecule is Nc1ccc(Cl)c(C(=O)OCc2cccc(F)c2Br)c1. The van der Waals surface area contributed by atoms with E-state index in [-0.39, 0.29) is 21.7 Å². The maximum Gasteiger partial charge on any atom is 0.340 e. The Bertz CT molecular complexity index is 664. The normalized spacial score (nSPS) is 10.3. The van der Waals surface area contributed by atoms with Crippen LogP contribution in [0.1, 0.15) is 15.9 Å². The summed E-state index contributed by atoms with van der Waals surface area (Å²) in [5, 5.41) is 0.252. The molecule has 0 amide bonds. The highest BCUT2D eigenvalue weighted by molar-refractivity contribution is 9.10. The monoisotopic (exact) mass is 357 g/mol. The lowest BCUT2D eigenvalue weighted by Gasteiger charge is -2.08. The van der Waals surface area contributed by atoms with Crippen LogP contribution in [-0.4, -0.2) is 5.97 Å². The average Bonchev–Trinajstić information content (AvgIpc) is 2.43. The van der Waals surface area contributed by atoms with E-state index in [2.05, 4.69) is 15.9 Å². The Morgan fingerprint density at radius 1 is 1.35 bits per heavy atom. The fraction of sp³-hybridized carbons (Fsp3) is 0.0714. The van der Waals surface area contributed by atoms with Gasteiger partial charge in [0, 0.05) is 11.3 Å². The third kappa shape index (κ3) is 3.29. The number of esters is 1. The smallest absolute Gasteiger partial charge is 0.340 e. The molecule has 0 fully saturated rings. The lowest BCUT2D eigenvalue weighted by molar-refractivity contribution is 0.0471. The molecular weight excluding hydrogens is 349 g/mol. The summed E-state index contributed by atoms with van der Waals surface area (Å²) >= 11 is 9.00. The second-order valence-electron chi connectivity index (χ2n) is 4.03. The summed E-state index contributed by atoms with van der Waals surface area (Å²) in [6, 6.07) is 9.04. The van der Waals surface area contributed by atoms with Crippen LogP contribution in [0.15, 0.2) is 40.9 Å². The molecule has 0 saturated carbocycles. The molecule has 0 spiro atoms. The van der Waals surface area contributed by atoms with Crippen molar-refractivity contribution in [2.75, 3.05) is 5.73 Å². The zero-order valence-electron chi connectivity index (χ0n) is 10.2. The number of halogens is 3. The van der Waals surface area contributed by atoms with Gasteiger partial charge in [0.1, 0.15) is 12.4 Å². The molecule has 2 aromatic rings. The first-order valence-electron chi connectivity index (χ1n) is 5.64. The quantitative estimate of drug-likeness (QED) is 0.661. The Kier molecular flexibility index (Phi) is 4.62.